The lowest BCUT2D eigenvalue weighted by molar-refractivity contribution is 0.593. The van der Waals surface area contributed by atoms with Crippen LogP contribution in [0.2, 0.25) is 0 Å². The molecular weight excluding hydrogens is 178 g/mol. The van der Waals surface area contributed by atoms with Gasteiger partial charge in [0.25, 0.3) is 0 Å². The Morgan fingerprint density at radius 3 is 2.75 bits per heavy atom. The molecule has 0 bridgehead atoms. The Bertz CT molecular complexity index is 374. The van der Waals surface area contributed by atoms with Gasteiger partial charge in [-0.25, -0.2) is 18.4 Å². The van der Waals surface area contributed by atoms with Crippen LogP contribution in [0.25, 0.3) is 0 Å². The molecule has 0 aliphatic heterocycles. The molecule has 0 amide bonds. The maximum atomic E-state index is 11.2. The summed E-state index contributed by atoms with van der Waals surface area (Å²) in [7, 11) is -3.25. The van der Waals surface area contributed by atoms with Crippen LogP contribution in [-0.2, 0) is 9.84 Å². The molecule has 1 aromatic heterocycles. The first kappa shape index (κ1) is 8.92. The van der Waals surface area contributed by atoms with Gasteiger partial charge in [-0.05, 0) is 6.07 Å². The summed E-state index contributed by atoms with van der Waals surface area (Å²) < 4.78 is 22.4. The minimum absolute atomic E-state index is 0.0162. The molecule has 1 heterocycles. The van der Waals surface area contributed by atoms with Crippen LogP contribution in [0, 0.1) is 0 Å². The molecule has 66 valence electrons. The highest BCUT2D eigenvalue weighted by Crippen LogP contribution is 2.06. The maximum Gasteiger partial charge on any atom is 0.221 e. The Hall–Kier alpha value is -1.17. The van der Waals surface area contributed by atoms with Crippen molar-refractivity contribution in [3.63, 3.8) is 0 Å². The van der Waals surface area contributed by atoms with Crippen LogP contribution in [0.3, 0.4) is 0 Å². The van der Waals surface area contributed by atoms with Gasteiger partial charge >= 0.3 is 0 Å². The molecule has 0 spiro atoms. The fraction of sp³-hybridized carbons (Fsp3) is 0.333. The van der Waals surface area contributed by atoms with Crippen molar-refractivity contribution in [2.45, 2.75) is 11.9 Å². The minimum atomic E-state index is -3.25. The Kier molecular flexibility index (Phi) is 2.27. The standard InChI is InChI=1S/C6H9N3O2S/c1-2-12(10,11)5-3-4-8-6(7)9-5/h3-4H,2H2,1H3,(H2,7,8,9). The number of sulfone groups is 1. The summed E-state index contributed by atoms with van der Waals surface area (Å²) in [6.45, 7) is 1.55. The second kappa shape index (κ2) is 3.06. The first-order chi connectivity index (χ1) is 5.56. The van der Waals surface area contributed by atoms with Crippen LogP contribution in [-0.4, -0.2) is 24.1 Å². The van der Waals surface area contributed by atoms with Gasteiger partial charge in [-0.2, -0.15) is 0 Å². The van der Waals surface area contributed by atoms with E-state index in [0.717, 1.165) is 0 Å². The molecule has 0 radical (unpaired) electrons. The molecule has 0 saturated carbocycles. The van der Waals surface area contributed by atoms with Crippen LogP contribution in [0.15, 0.2) is 17.3 Å². The van der Waals surface area contributed by atoms with Crippen molar-refractivity contribution >= 4 is 15.8 Å². The van der Waals surface area contributed by atoms with E-state index in [0.29, 0.717) is 0 Å². The summed E-state index contributed by atoms with van der Waals surface area (Å²) in [6, 6.07) is 1.33. The average Bonchev–Trinajstić information content (AvgIpc) is 2.05. The van der Waals surface area contributed by atoms with Gasteiger partial charge in [0.1, 0.15) is 0 Å². The fourth-order valence-corrected chi connectivity index (χ4v) is 1.47. The molecule has 6 heteroatoms. The van der Waals surface area contributed by atoms with Gasteiger partial charge in [0, 0.05) is 6.20 Å². The second-order valence-electron chi connectivity index (χ2n) is 2.16. The maximum absolute atomic E-state index is 11.2. The summed E-state index contributed by atoms with van der Waals surface area (Å²) in [4.78, 5) is 7.18. The van der Waals surface area contributed by atoms with Crippen LogP contribution in [0.4, 0.5) is 5.95 Å². The number of nitrogen functional groups attached to an aromatic ring is 1. The Labute approximate surface area is 70.6 Å². The summed E-state index contributed by atoms with van der Waals surface area (Å²) in [5.74, 6) is -0.00627. The predicted molar refractivity (Wildman–Crippen MR) is 44.2 cm³/mol. The van der Waals surface area contributed by atoms with Crippen LogP contribution < -0.4 is 5.73 Å². The van der Waals surface area contributed by atoms with Crippen molar-refractivity contribution in [1.82, 2.24) is 9.97 Å². The topological polar surface area (TPSA) is 85.9 Å². The van der Waals surface area contributed by atoms with E-state index in [9.17, 15) is 8.42 Å². The summed E-state index contributed by atoms with van der Waals surface area (Å²) in [6.07, 6.45) is 1.32. The quantitative estimate of drug-likeness (QED) is 0.651. The zero-order valence-electron chi connectivity index (χ0n) is 6.56. The third-order valence-electron chi connectivity index (χ3n) is 1.35. The summed E-state index contributed by atoms with van der Waals surface area (Å²) in [5, 5.41) is -0.0162. The Balaban J connectivity index is 3.21. The van der Waals surface area contributed by atoms with E-state index in [1.54, 1.807) is 6.92 Å². The van der Waals surface area contributed by atoms with Gasteiger partial charge in [-0.15, -0.1) is 0 Å². The van der Waals surface area contributed by atoms with Crippen molar-refractivity contribution in [2.75, 3.05) is 11.5 Å². The highest BCUT2D eigenvalue weighted by Gasteiger charge is 2.12. The van der Waals surface area contributed by atoms with Gasteiger partial charge in [-0.1, -0.05) is 6.92 Å². The second-order valence-corrected chi connectivity index (χ2v) is 4.38. The third-order valence-corrected chi connectivity index (χ3v) is 2.97. The first-order valence-corrected chi connectivity index (χ1v) is 5.03. The van der Waals surface area contributed by atoms with Gasteiger partial charge in [0.2, 0.25) is 5.95 Å². The van der Waals surface area contributed by atoms with E-state index < -0.39 is 9.84 Å². The SMILES string of the molecule is CCS(=O)(=O)c1ccnc(N)n1. The molecule has 0 aromatic carbocycles. The van der Waals surface area contributed by atoms with Crippen LogP contribution >= 0.6 is 0 Å². The van der Waals surface area contributed by atoms with E-state index in [1.807, 2.05) is 0 Å². The van der Waals surface area contributed by atoms with Gasteiger partial charge in [0.15, 0.2) is 14.9 Å². The van der Waals surface area contributed by atoms with Crippen molar-refractivity contribution in [2.24, 2.45) is 0 Å². The van der Waals surface area contributed by atoms with Gasteiger partial charge in [-0.3, -0.25) is 0 Å². The minimum Gasteiger partial charge on any atom is -0.368 e. The molecule has 0 aliphatic carbocycles. The Morgan fingerprint density at radius 2 is 2.25 bits per heavy atom. The van der Waals surface area contributed by atoms with E-state index in [4.69, 9.17) is 5.73 Å². The fourth-order valence-electron chi connectivity index (χ4n) is 0.678. The molecule has 0 atom stereocenters. The van der Waals surface area contributed by atoms with Crippen LogP contribution in [0.1, 0.15) is 6.92 Å². The molecule has 2 N–H and O–H groups in total. The van der Waals surface area contributed by atoms with E-state index in [2.05, 4.69) is 9.97 Å². The highest BCUT2D eigenvalue weighted by atomic mass is 32.2. The number of nitrogens with two attached hydrogens (primary N) is 1. The molecule has 0 saturated heterocycles. The van der Waals surface area contributed by atoms with E-state index in [-0.39, 0.29) is 16.7 Å². The van der Waals surface area contributed by atoms with Crippen molar-refractivity contribution in [1.29, 1.82) is 0 Å². The number of hydrogen-bond acceptors (Lipinski definition) is 5. The lowest BCUT2D eigenvalue weighted by atomic mass is 10.7. The van der Waals surface area contributed by atoms with E-state index >= 15 is 0 Å². The third kappa shape index (κ3) is 1.70. The number of anilines is 1. The summed E-state index contributed by atoms with van der Waals surface area (Å²) in [5.41, 5.74) is 5.22. The molecule has 1 aromatic rings. The molecule has 0 fully saturated rings. The van der Waals surface area contributed by atoms with Crippen molar-refractivity contribution in [3.05, 3.63) is 12.3 Å². The van der Waals surface area contributed by atoms with Crippen molar-refractivity contribution < 1.29 is 8.42 Å². The zero-order valence-corrected chi connectivity index (χ0v) is 7.37. The zero-order chi connectivity index (χ0) is 9.19. The largest absolute Gasteiger partial charge is 0.368 e. The number of hydrogen-bond donors (Lipinski definition) is 1. The lowest BCUT2D eigenvalue weighted by Gasteiger charge is -1.98. The smallest absolute Gasteiger partial charge is 0.221 e. The van der Waals surface area contributed by atoms with E-state index in [1.165, 1.54) is 12.3 Å². The molecule has 1 rings (SSSR count). The average molecular weight is 187 g/mol. The molecule has 0 aliphatic rings. The van der Waals surface area contributed by atoms with Gasteiger partial charge in [0.05, 0.1) is 5.75 Å². The lowest BCUT2D eigenvalue weighted by Crippen LogP contribution is -2.08. The Morgan fingerprint density at radius 1 is 1.58 bits per heavy atom. The highest BCUT2D eigenvalue weighted by molar-refractivity contribution is 7.91. The van der Waals surface area contributed by atoms with Crippen molar-refractivity contribution in [3.8, 4) is 0 Å². The molecule has 12 heavy (non-hydrogen) atoms. The normalized spacial score (nSPS) is 11.4. The van der Waals surface area contributed by atoms with Crippen LogP contribution in [0.5, 0.6) is 0 Å². The van der Waals surface area contributed by atoms with Gasteiger partial charge < -0.3 is 5.73 Å². The number of rotatable bonds is 2. The number of aromatic nitrogens is 2. The number of nitrogens with zero attached hydrogens (tertiary/aromatic N) is 2. The molecular formula is C6H9N3O2S. The molecule has 5 nitrogen and oxygen atoms in total. The predicted octanol–water partition coefficient (Wildman–Crippen LogP) is -0.148. The monoisotopic (exact) mass is 187 g/mol. The summed E-state index contributed by atoms with van der Waals surface area (Å²) >= 11 is 0. The first-order valence-electron chi connectivity index (χ1n) is 3.37. The molecule has 0 unspecified atom stereocenters.